The number of likely N-dealkylation sites (N-methyl/N-ethyl adjacent to an activating group) is 1. The van der Waals surface area contributed by atoms with Crippen molar-refractivity contribution in [3.05, 3.63) is 35.4 Å². The van der Waals surface area contributed by atoms with E-state index in [1.165, 1.54) is 11.1 Å². The number of hydrogen-bond donors (Lipinski definition) is 1. The molecule has 17 heavy (non-hydrogen) atoms. The van der Waals surface area contributed by atoms with Gasteiger partial charge in [0.15, 0.2) is 0 Å². The van der Waals surface area contributed by atoms with Crippen LogP contribution >= 0.6 is 0 Å². The first-order valence-corrected chi connectivity index (χ1v) is 6.28. The minimum atomic E-state index is -0.632. The summed E-state index contributed by atoms with van der Waals surface area (Å²) < 4.78 is 0. The van der Waals surface area contributed by atoms with E-state index in [0.717, 1.165) is 6.54 Å². The molecule has 0 fully saturated rings. The first-order valence-electron chi connectivity index (χ1n) is 6.28. The molecule has 0 aliphatic rings. The SMILES string of the molecule is CC(C)c1ccc(CN(C)CC(C)(C)O)cc1. The molecule has 0 saturated heterocycles. The molecule has 0 heterocycles. The highest BCUT2D eigenvalue weighted by molar-refractivity contribution is 5.24. The minimum Gasteiger partial charge on any atom is -0.389 e. The van der Waals surface area contributed by atoms with Crippen LogP contribution in [-0.2, 0) is 6.54 Å². The van der Waals surface area contributed by atoms with E-state index in [-0.39, 0.29) is 0 Å². The zero-order valence-electron chi connectivity index (χ0n) is 11.7. The fourth-order valence-corrected chi connectivity index (χ4v) is 2.04. The molecule has 1 N–H and O–H groups in total. The molecule has 0 aliphatic carbocycles. The lowest BCUT2D eigenvalue weighted by Gasteiger charge is -2.25. The van der Waals surface area contributed by atoms with Crippen molar-refractivity contribution in [2.45, 2.75) is 45.8 Å². The van der Waals surface area contributed by atoms with E-state index in [1.54, 1.807) is 0 Å². The van der Waals surface area contributed by atoms with Gasteiger partial charge >= 0.3 is 0 Å². The smallest absolute Gasteiger partial charge is 0.0718 e. The standard InChI is InChI=1S/C15H25NO/c1-12(2)14-8-6-13(7-9-14)10-16(5)11-15(3,4)17/h6-9,12,17H,10-11H2,1-5H3. The maximum absolute atomic E-state index is 9.74. The van der Waals surface area contributed by atoms with Crippen LogP contribution in [-0.4, -0.2) is 29.2 Å². The Morgan fingerprint density at radius 2 is 1.71 bits per heavy atom. The van der Waals surface area contributed by atoms with E-state index >= 15 is 0 Å². The maximum Gasteiger partial charge on any atom is 0.0718 e. The van der Waals surface area contributed by atoms with Crippen molar-refractivity contribution in [2.24, 2.45) is 0 Å². The highest BCUT2D eigenvalue weighted by Gasteiger charge is 2.15. The van der Waals surface area contributed by atoms with Crippen molar-refractivity contribution in [3.8, 4) is 0 Å². The summed E-state index contributed by atoms with van der Waals surface area (Å²) in [7, 11) is 2.04. The van der Waals surface area contributed by atoms with E-state index < -0.39 is 5.60 Å². The van der Waals surface area contributed by atoms with Gasteiger partial charge in [0.25, 0.3) is 0 Å². The summed E-state index contributed by atoms with van der Waals surface area (Å²) in [5, 5.41) is 9.74. The van der Waals surface area contributed by atoms with Crippen molar-refractivity contribution >= 4 is 0 Å². The minimum absolute atomic E-state index is 0.582. The quantitative estimate of drug-likeness (QED) is 0.848. The summed E-state index contributed by atoms with van der Waals surface area (Å²) in [6.45, 7) is 9.64. The second-order valence-corrected chi connectivity index (χ2v) is 5.88. The average Bonchev–Trinajstić information content (AvgIpc) is 2.15. The summed E-state index contributed by atoms with van der Waals surface area (Å²) in [6.07, 6.45) is 0. The number of benzene rings is 1. The van der Waals surface area contributed by atoms with Gasteiger partial charge in [-0.05, 0) is 37.9 Å². The Bertz CT molecular complexity index is 335. The Balaban J connectivity index is 2.57. The van der Waals surface area contributed by atoms with Crippen molar-refractivity contribution in [2.75, 3.05) is 13.6 Å². The third-order valence-corrected chi connectivity index (χ3v) is 2.76. The topological polar surface area (TPSA) is 23.5 Å². The first kappa shape index (κ1) is 14.2. The van der Waals surface area contributed by atoms with Crippen molar-refractivity contribution in [3.63, 3.8) is 0 Å². The predicted octanol–water partition coefficient (Wildman–Crippen LogP) is 3.01. The molecule has 2 heteroatoms. The van der Waals surface area contributed by atoms with Gasteiger partial charge in [-0.25, -0.2) is 0 Å². The van der Waals surface area contributed by atoms with Gasteiger partial charge in [-0.2, -0.15) is 0 Å². The van der Waals surface area contributed by atoms with Crippen LogP contribution in [0, 0.1) is 0 Å². The van der Waals surface area contributed by atoms with Gasteiger partial charge < -0.3 is 5.11 Å². The number of hydrogen-bond acceptors (Lipinski definition) is 2. The van der Waals surface area contributed by atoms with E-state index in [9.17, 15) is 5.11 Å². The summed E-state index contributed by atoms with van der Waals surface area (Å²) in [5.41, 5.74) is 2.03. The Morgan fingerprint density at radius 3 is 2.12 bits per heavy atom. The molecule has 0 radical (unpaired) electrons. The molecular formula is C15H25NO. The van der Waals surface area contributed by atoms with Crippen LogP contribution in [0.1, 0.15) is 44.7 Å². The summed E-state index contributed by atoms with van der Waals surface area (Å²) >= 11 is 0. The van der Waals surface area contributed by atoms with Gasteiger partial charge in [0.1, 0.15) is 0 Å². The third kappa shape index (κ3) is 5.33. The van der Waals surface area contributed by atoms with Crippen LogP contribution in [0.5, 0.6) is 0 Å². The Hall–Kier alpha value is -0.860. The molecule has 2 nitrogen and oxygen atoms in total. The molecule has 0 saturated carbocycles. The fraction of sp³-hybridized carbons (Fsp3) is 0.600. The molecule has 96 valence electrons. The molecule has 1 rings (SSSR count). The molecule has 0 atom stereocenters. The fourth-order valence-electron chi connectivity index (χ4n) is 2.04. The van der Waals surface area contributed by atoms with Crippen LogP contribution in [0.3, 0.4) is 0 Å². The molecule has 1 aromatic rings. The van der Waals surface area contributed by atoms with E-state index in [0.29, 0.717) is 12.5 Å². The normalized spacial score (nSPS) is 12.5. The molecule has 0 amide bonds. The summed E-state index contributed by atoms with van der Waals surface area (Å²) in [5.74, 6) is 0.582. The van der Waals surface area contributed by atoms with Gasteiger partial charge in [0.2, 0.25) is 0 Å². The molecule has 0 aromatic heterocycles. The predicted molar refractivity (Wildman–Crippen MR) is 73.2 cm³/mol. The number of nitrogens with zero attached hydrogens (tertiary/aromatic N) is 1. The van der Waals surface area contributed by atoms with Crippen LogP contribution in [0.15, 0.2) is 24.3 Å². The van der Waals surface area contributed by atoms with Gasteiger partial charge in [-0.3, -0.25) is 4.90 Å². The van der Waals surface area contributed by atoms with Crippen molar-refractivity contribution < 1.29 is 5.11 Å². The van der Waals surface area contributed by atoms with Crippen LogP contribution in [0.25, 0.3) is 0 Å². The van der Waals surface area contributed by atoms with Crippen molar-refractivity contribution in [1.82, 2.24) is 4.90 Å². The molecule has 0 bridgehead atoms. The highest BCUT2D eigenvalue weighted by Crippen LogP contribution is 2.15. The van der Waals surface area contributed by atoms with Gasteiger partial charge in [0.05, 0.1) is 5.60 Å². The number of aliphatic hydroxyl groups is 1. The lowest BCUT2D eigenvalue weighted by atomic mass is 10.0. The van der Waals surface area contributed by atoms with Crippen molar-refractivity contribution in [1.29, 1.82) is 0 Å². The lowest BCUT2D eigenvalue weighted by Crippen LogP contribution is -2.35. The number of rotatable bonds is 5. The monoisotopic (exact) mass is 235 g/mol. The van der Waals surface area contributed by atoms with Gasteiger partial charge in [0, 0.05) is 13.1 Å². The Labute approximate surface area is 105 Å². The Morgan fingerprint density at radius 1 is 1.18 bits per heavy atom. The molecule has 0 unspecified atom stereocenters. The second kappa shape index (κ2) is 5.65. The molecule has 0 aliphatic heterocycles. The lowest BCUT2D eigenvalue weighted by molar-refractivity contribution is 0.0425. The zero-order chi connectivity index (χ0) is 13.1. The summed E-state index contributed by atoms with van der Waals surface area (Å²) in [4.78, 5) is 2.14. The van der Waals surface area contributed by atoms with Gasteiger partial charge in [-0.1, -0.05) is 38.1 Å². The highest BCUT2D eigenvalue weighted by atomic mass is 16.3. The maximum atomic E-state index is 9.74. The summed E-state index contributed by atoms with van der Waals surface area (Å²) in [6, 6.07) is 8.74. The first-order chi connectivity index (χ1) is 7.78. The van der Waals surface area contributed by atoms with Gasteiger partial charge in [-0.15, -0.1) is 0 Å². The second-order valence-electron chi connectivity index (χ2n) is 5.88. The Kier molecular flexibility index (Phi) is 4.72. The molecule has 0 spiro atoms. The van der Waals surface area contributed by atoms with E-state index in [4.69, 9.17) is 0 Å². The largest absolute Gasteiger partial charge is 0.389 e. The van der Waals surface area contributed by atoms with E-state index in [1.807, 2.05) is 20.9 Å². The zero-order valence-corrected chi connectivity index (χ0v) is 11.7. The average molecular weight is 235 g/mol. The molecule has 1 aromatic carbocycles. The van der Waals surface area contributed by atoms with Crippen LogP contribution in [0.4, 0.5) is 0 Å². The van der Waals surface area contributed by atoms with Crippen LogP contribution in [0.2, 0.25) is 0 Å². The molecular weight excluding hydrogens is 210 g/mol. The third-order valence-electron chi connectivity index (χ3n) is 2.76. The van der Waals surface area contributed by atoms with Crippen LogP contribution < -0.4 is 0 Å². The van der Waals surface area contributed by atoms with E-state index in [2.05, 4.69) is 43.0 Å².